The molecule has 0 rings (SSSR count). The van der Waals surface area contributed by atoms with E-state index in [1.165, 1.54) is 0 Å². The molecule has 15 heavy (non-hydrogen) atoms. The molecule has 1 N–H and O–H groups in total. The number of carboxylic acid groups (broad SMARTS) is 3. The maximum absolute atomic E-state index is 10.1. The van der Waals surface area contributed by atoms with E-state index in [0.717, 1.165) is 0 Å². The topological polar surface area (TPSA) is 141 Å². The van der Waals surface area contributed by atoms with Crippen LogP contribution >= 0.6 is 0 Å². The molecule has 0 radical (unpaired) electrons. The molecule has 0 saturated heterocycles. The molecule has 0 bridgehead atoms. The summed E-state index contributed by atoms with van der Waals surface area (Å²) in [6.07, 6.45) is -2.72. The first kappa shape index (κ1) is 20.6. The van der Waals surface area contributed by atoms with E-state index in [1.807, 2.05) is 0 Å². The van der Waals surface area contributed by atoms with Crippen molar-refractivity contribution in [1.82, 2.24) is 0 Å². The first-order valence-corrected chi connectivity index (χ1v) is 3.11. The van der Waals surface area contributed by atoms with Crippen molar-refractivity contribution in [2.75, 3.05) is 0 Å². The van der Waals surface area contributed by atoms with Crippen LogP contribution in [0, 0.1) is 0 Å². The number of carbonyl (C=O) groups excluding carboxylic acids is 3. The third-order valence-electron chi connectivity index (χ3n) is 1.25. The zero-order chi connectivity index (χ0) is 10.6. The fourth-order valence-corrected chi connectivity index (χ4v) is 0.684. The molecular formula is C6H7NaO7Sn. The maximum atomic E-state index is 10.1. The molecule has 0 aliphatic carbocycles. The van der Waals surface area contributed by atoms with Gasteiger partial charge in [-0.1, -0.05) is 0 Å². The molecule has 0 heterocycles. The Kier molecular flexibility index (Phi) is 11.4. The molecule has 9 heteroatoms. The van der Waals surface area contributed by atoms with Crippen LogP contribution in [0.15, 0.2) is 0 Å². The average Bonchev–Trinajstić information content (AvgIpc) is 1.82. The van der Waals surface area contributed by atoms with E-state index in [1.54, 1.807) is 0 Å². The summed E-state index contributed by atoms with van der Waals surface area (Å²) in [5.74, 6) is -5.98. The molecule has 0 aromatic heterocycles. The van der Waals surface area contributed by atoms with Crippen LogP contribution in [0.3, 0.4) is 0 Å². The van der Waals surface area contributed by atoms with Crippen LogP contribution < -0.4 is 44.9 Å². The fraction of sp³-hybridized carbons (Fsp3) is 0.500. The fourth-order valence-electron chi connectivity index (χ4n) is 0.684. The van der Waals surface area contributed by atoms with Crippen molar-refractivity contribution in [2.45, 2.75) is 18.4 Å². The Morgan fingerprint density at radius 1 is 1.00 bits per heavy atom. The summed E-state index contributed by atoms with van der Waals surface area (Å²) in [6, 6.07) is 0. The number of carboxylic acids is 3. The minimum absolute atomic E-state index is 0. The van der Waals surface area contributed by atoms with Gasteiger partial charge in [-0.15, -0.1) is 0 Å². The molecule has 0 aliphatic rings. The van der Waals surface area contributed by atoms with Crippen LogP contribution in [0.4, 0.5) is 0 Å². The van der Waals surface area contributed by atoms with Crippen LogP contribution in [0.1, 0.15) is 12.8 Å². The molecule has 0 aliphatic heterocycles. The van der Waals surface area contributed by atoms with Gasteiger partial charge in [0.05, 0.1) is 5.97 Å². The third-order valence-corrected chi connectivity index (χ3v) is 1.25. The number of aliphatic carboxylic acids is 3. The van der Waals surface area contributed by atoms with Crippen molar-refractivity contribution in [1.29, 1.82) is 0 Å². The van der Waals surface area contributed by atoms with E-state index < -0.39 is 36.4 Å². The number of hydrogen-bond acceptors (Lipinski definition) is 7. The second kappa shape index (κ2) is 8.34. The van der Waals surface area contributed by atoms with Crippen molar-refractivity contribution >= 4 is 41.8 Å². The summed E-state index contributed by atoms with van der Waals surface area (Å²) in [5, 5.41) is 38.9. The van der Waals surface area contributed by atoms with Gasteiger partial charge >= 0.3 is 53.5 Å². The van der Waals surface area contributed by atoms with E-state index in [0.29, 0.717) is 0 Å². The van der Waals surface area contributed by atoms with E-state index >= 15 is 0 Å². The van der Waals surface area contributed by atoms with E-state index in [9.17, 15) is 29.7 Å². The van der Waals surface area contributed by atoms with Crippen molar-refractivity contribution < 1.29 is 64.4 Å². The Balaban J connectivity index is -0.000000720. The molecule has 0 atom stereocenters. The Hall–Kier alpha value is 0.169. The van der Waals surface area contributed by atoms with E-state index in [4.69, 9.17) is 5.11 Å². The summed E-state index contributed by atoms with van der Waals surface area (Å²) in [6.45, 7) is 0. The van der Waals surface area contributed by atoms with Gasteiger partial charge in [-0.3, -0.25) is 0 Å². The second-order valence-corrected chi connectivity index (χ2v) is 2.42. The van der Waals surface area contributed by atoms with Gasteiger partial charge in [-0.05, 0) is 0 Å². The van der Waals surface area contributed by atoms with Gasteiger partial charge < -0.3 is 34.8 Å². The molecule has 7 nitrogen and oxygen atoms in total. The molecule has 0 unspecified atom stereocenters. The quantitative estimate of drug-likeness (QED) is 0.493. The van der Waals surface area contributed by atoms with Crippen molar-refractivity contribution in [3.05, 3.63) is 0 Å². The molecule has 0 aromatic carbocycles. The molecule has 0 aromatic rings. The summed E-state index contributed by atoms with van der Waals surface area (Å²) in [4.78, 5) is 30.0. The number of hydrogen-bond donors (Lipinski definition) is 1. The minimum atomic E-state index is -2.97. The van der Waals surface area contributed by atoms with Crippen LogP contribution in [0.2, 0.25) is 0 Å². The van der Waals surface area contributed by atoms with Gasteiger partial charge in [0.25, 0.3) is 0 Å². The normalized spacial score (nSPS) is 9.40. The average molecular weight is 333 g/mol. The monoisotopic (exact) mass is 334 g/mol. The Morgan fingerprint density at radius 3 is 1.40 bits per heavy atom. The standard InChI is InChI=1S/C6H8O7.Na.Sn.2H/c7-3(8)1-6(13,5(11)12)2-4(9)10;;;;/h13H,1-2H2,(H,7,8)(H,9,10)(H,11,12);;;;/q;+1;+2;;/p-3. The molecule has 78 valence electrons. The number of rotatable bonds is 5. The predicted molar refractivity (Wildman–Crippen MR) is 37.7 cm³/mol. The zero-order valence-electron chi connectivity index (χ0n) is 8.02. The molecule has 0 spiro atoms. The molecule has 0 fully saturated rings. The Morgan fingerprint density at radius 2 is 1.27 bits per heavy atom. The van der Waals surface area contributed by atoms with Crippen LogP contribution in [0.5, 0.6) is 0 Å². The summed E-state index contributed by atoms with van der Waals surface area (Å²) < 4.78 is 0. The Bertz CT molecular complexity index is 238. The summed E-state index contributed by atoms with van der Waals surface area (Å²) >= 11 is 0. The van der Waals surface area contributed by atoms with Gasteiger partial charge in [-0.25, -0.2) is 0 Å². The SMILES string of the molecule is O=C([O-])CC(O)(CC(=O)[O-])C(=O)[O-].[Na+].[SnH2+2]. The van der Waals surface area contributed by atoms with Gasteiger partial charge in [0.2, 0.25) is 0 Å². The number of aliphatic hydroxyl groups is 1. The van der Waals surface area contributed by atoms with Crippen molar-refractivity contribution in [3.8, 4) is 0 Å². The van der Waals surface area contributed by atoms with Gasteiger partial charge in [0.1, 0.15) is 5.60 Å². The van der Waals surface area contributed by atoms with Crippen LogP contribution in [-0.4, -0.2) is 52.5 Å². The number of carbonyl (C=O) groups is 3. The zero-order valence-corrected chi connectivity index (χ0v) is 14.1. The molecule has 0 amide bonds. The van der Waals surface area contributed by atoms with Crippen LogP contribution in [0.25, 0.3) is 0 Å². The van der Waals surface area contributed by atoms with Gasteiger partial charge in [0.15, 0.2) is 0 Å². The van der Waals surface area contributed by atoms with Crippen LogP contribution in [-0.2, 0) is 14.4 Å². The van der Waals surface area contributed by atoms with Crippen molar-refractivity contribution in [3.63, 3.8) is 0 Å². The predicted octanol–water partition coefficient (Wildman–Crippen LogP) is -9.16. The first-order valence-electron chi connectivity index (χ1n) is 3.11. The van der Waals surface area contributed by atoms with Crippen molar-refractivity contribution in [2.24, 2.45) is 0 Å². The summed E-state index contributed by atoms with van der Waals surface area (Å²) in [7, 11) is 0. The van der Waals surface area contributed by atoms with E-state index in [2.05, 4.69) is 0 Å². The third kappa shape index (κ3) is 8.03. The second-order valence-electron chi connectivity index (χ2n) is 2.42. The first-order chi connectivity index (χ1) is 5.78. The van der Waals surface area contributed by atoms with Gasteiger partial charge in [0, 0.05) is 24.8 Å². The summed E-state index contributed by atoms with van der Waals surface area (Å²) in [5.41, 5.74) is -2.97. The Labute approximate surface area is 124 Å². The van der Waals surface area contributed by atoms with Gasteiger partial charge in [-0.2, -0.15) is 0 Å². The van der Waals surface area contributed by atoms with E-state index in [-0.39, 0.29) is 53.5 Å². The molecular weight excluding hydrogens is 326 g/mol. The molecule has 0 saturated carbocycles.